The van der Waals surface area contributed by atoms with Crippen molar-refractivity contribution in [2.24, 2.45) is 5.73 Å². The molecule has 1 aliphatic heterocycles. The first-order valence-electron chi connectivity index (χ1n) is 5.89. The van der Waals surface area contributed by atoms with E-state index in [4.69, 9.17) is 15.6 Å². The molecule has 3 N–H and O–H groups in total. The van der Waals surface area contributed by atoms with Crippen molar-refractivity contribution in [2.75, 3.05) is 31.2 Å². The van der Waals surface area contributed by atoms with Gasteiger partial charge in [-0.15, -0.1) is 0 Å². The molecule has 1 aromatic rings. The van der Waals surface area contributed by atoms with E-state index in [0.717, 1.165) is 17.9 Å². The van der Waals surface area contributed by atoms with E-state index in [0.29, 0.717) is 13.2 Å². The maximum absolute atomic E-state index is 9.11. The summed E-state index contributed by atoms with van der Waals surface area (Å²) >= 11 is 0. The van der Waals surface area contributed by atoms with Crippen molar-refractivity contribution in [3.05, 3.63) is 23.9 Å². The number of rotatable bonds is 3. The van der Waals surface area contributed by atoms with Crippen LogP contribution in [0.4, 0.5) is 5.82 Å². The highest BCUT2D eigenvalue weighted by atomic mass is 16.5. The number of anilines is 1. The molecule has 0 amide bonds. The first-order valence-corrected chi connectivity index (χ1v) is 5.89. The third-order valence-electron chi connectivity index (χ3n) is 2.96. The third-order valence-corrected chi connectivity index (χ3v) is 2.96. The zero-order chi connectivity index (χ0) is 12.3. The van der Waals surface area contributed by atoms with E-state index in [-0.39, 0.29) is 18.8 Å². The van der Waals surface area contributed by atoms with Crippen LogP contribution in [-0.4, -0.2) is 42.5 Å². The Hall–Kier alpha value is -1.17. The molecule has 0 aliphatic carbocycles. The van der Waals surface area contributed by atoms with Crippen LogP contribution in [0.3, 0.4) is 0 Å². The number of nitrogens with zero attached hydrogens (tertiary/aromatic N) is 2. The molecule has 2 atom stereocenters. The van der Waals surface area contributed by atoms with Gasteiger partial charge < -0.3 is 20.5 Å². The van der Waals surface area contributed by atoms with Gasteiger partial charge in [0.2, 0.25) is 0 Å². The van der Waals surface area contributed by atoms with Crippen molar-refractivity contribution >= 4 is 5.82 Å². The molecule has 0 radical (unpaired) electrons. The van der Waals surface area contributed by atoms with Crippen molar-refractivity contribution < 1.29 is 9.84 Å². The van der Waals surface area contributed by atoms with Crippen LogP contribution in [0.25, 0.3) is 0 Å². The monoisotopic (exact) mass is 237 g/mol. The predicted octanol–water partition coefficient (Wildman–Crippen LogP) is 0.299. The molecule has 17 heavy (non-hydrogen) atoms. The Morgan fingerprint density at radius 3 is 3.24 bits per heavy atom. The average molecular weight is 237 g/mol. The highest BCUT2D eigenvalue weighted by molar-refractivity contribution is 5.42. The number of aliphatic hydroxyl groups is 1. The number of ether oxygens (including phenoxy) is 1. The van der Waals surface area contributed by atoms with Crippen molar-refractivity contribution in [2.45, 2.75) is 19.1 Å². The van der Waals surface area contributed by atoms with Gasteiger partial charge in [0.1, 0.15) is 5.82 Å². The van der Waals surface area contributed by atoms with Gasteiger partial charge in [-0.3, -0.25) is 0 Å². The summed E-state index contributed by atoms with van der Waals surface area (Å²) in [4.78, 5) is 6.47. The standard InChI is InChI=1S/C12H19N3O2/c1-9(13)10-2-3-14-12(6-10)15-4-5-17-11(7-15)8-16/h2-3,6,9,11,16H,4-5,7-8,13H2,1H3/t9-,11?/m0/s1. The van der Waals surface area contributed by atoms with Crippen LogP contribution in [0.2, 0.25) is 0 Å². The average Bonchev–Trinajstić information content (AvgIpc) is 2.39. The van der Waals surface area contributed by atoms with Gasteiger partial charge in [-0.1, -0.05) is 0 Å². The summed E-state index contributed by atoms with van der Waals surface area (Å²) in [5, 5.41) is 9.11. The Kier molecular flexibility index (Phi) is 3.93. The molecule has 0 saturated carbocycles. The molecular formula is C12H19N3O2. The molecule has 0 bridgehead atoms. The normalized spacial score (nSPS) is 22.5. The first-order chi connectivity index (χ1) is 8.20. The molecule has 5 nitrogen and oxygen atoms in total. The minimum Gasteiger partial charge on any atom is -0.394 e. The van der Waals surface area contributed by atoms with Crippen molar-refractivity contribution in [3.63, 3.8) is 0 Å². The van der Waals surface area contributed by atoms with Crippen LogP contribution in [0.1, 0.15) is 18.5 Å². The molecule has 1 unspecified atom stereocenters. The van der Waals surface area contributed by atoms with Gasteiger partial charge in [0.15, 0.2) is 0 Å². The van der Waals surface area contributed by atoms with Crippen LogP contribution < -0.4 is 10.6 Å². The number of pyridine rings is 1. The van der Waals surface area contributed by atoms with Gasteiger partial charge >= 0.3 is 0 Å². The van der Waals surface area contributed by atoms with Crippen LogP contribution in [-0.2, 0) is 4.74 Å². The third kappa shape index (κ3) is 2.94. The molecule has 1 saturated heterocycles. The Morgan fingerprint density at radius 2 is 2.53 bits per heavy atom. The minimum atomic E-state index is -0.121. The number of nitrogens with two attached hydrogens (primary N) is 1. The molecule has 1 fully saturated rings. The van der Waals surface area contributed by atoms with Gasteiger partial charge in [0.25, 0.3) is 0 Å². The summed E-state index contributed by atoms with van der Waals surface area (Å²) in [5.74, 6) is 0.904. The topological polar surface area (TPSA) is 71.6 Å². The second-order valence-corrected chi connectivity index (χ2v) is 4.36. The number of morpholine rings is 1. The second-order valence-electron chi connectivity index (χ2n) is 4.36. The summed E-state index contributed by atoms with van der Waals surface area (Å²) in [7, 11) is 0. The van der Waals surface area contributed by atoms with Gasteiger partial charge in [0.05, 0.1) is 19.3 Å². The fraction of sp³-hybridized carbons (Fsp3) is 0.583. The van der Waals surface area contributed by atoms with E-state index in [9.17, 15) is 0 Å². The smallest absolute Gasteiger partial charge is 0.128 e. The zero-order valence-electron chi connectivity index (χ0n) is 10.0. The van der Waals surface area contributed by atoms with Gasteiger partial charge in [-0.05, 0) is 24.6 Å². The van der Waals surface area contributed by atoms with Crippen molar-refractivity contribution in [3.8, 4) is 0 Å². The van der Waals surface area contributed by atoms with Gasteiger partial charge in [0, 0.05) is 25.3 Å². The van der Waals surface area contributed by atoms with Crippen molar-refractivity contribution in [1.29, 1.82) is 0 Å². The minimum absolute atomic E-state index is 0.00595. The van der Waals surface area contributed by atoms with Crippen LogP contribution in [0.5, 0.6) is 0 Å². The van der Waals surface area contributed by atoms with Gasteiger partial charge in [-0.2, -0.15) is 0 Å². The van der Waals surface area contributed by atoms with E-state index < -0.39 is 0 Å². The zero-order valence-corrected chi connectivity index (χ0v) is 10.0. The number of aromatic nitrogens is 1. The summed E-state index contributed by atoms with van der Waals surface area (Å²) < 4.78 is 5.41. The first kappa shape index (κ1) is 12.3. The molecule has 1 aromatic heterocycles. The second kappa shape index (κ2) is 5.44. The fourth-order valence-corrected chi connectivity index (χ4v) is 1.93. The number of hydrogen-bond acceptors (Lipinski definition) is 5. The number of hydrogen-bond donors (Lipinski definition) is 2. The quantitative estimate of drug-likeness (QED) is 0.791. The maximum atomic E-state index is 9.11. The Morgan fingerprint density at radius 1 is 1.71 bits per heavy atom. The van der Waals surface area contributed by atoms with Gasteiger partial charge in [-0.25, -0.2) is 4.98 Å². The largest absolute Gasteiger partial charge is 0.394 e. The Bertz CT molecular complexity index is 371. The molecule has 0 aromatic carbocycles. The van der Waals surface area contributed by atoms with E-state index in [2.05, 4.69) is 9.88 Å². The Labute approximate surface area is 101 Å². The van der Waals surface area contributed by atoms with Crippen LogP contribution >= 0.6 is 0 Å². The molecule has 1 aliphatic rings. The lowest BCUT2D eigenvalue weighted by Gasteiger charge is -2.33. The van der Waals surface area contributed by atoms with E-state index in [1.54, 1.807) is 6.20 Å². The SMILES string of the molecule is C[C@H](N)c1ccnc(N2CCOC(CO)C2)c1. The van der Waals surface area contributed by atoms with E-state index in [1.807, 2.05) is 19.1 Å². The fourth-order valence-electron chi connectivity index (χ4n) is 1.93. The lowest BCUT2D eigenvalue weighted by molar-refractivity contribution is 0.00336. The molecule has 2 rings (SSSR count). The predicted molar refractivity (Wildman–Crippen MR) is 65.9 cm³/mol. The maximum Gasteiger partial charge on any atom is 0.128 e. The van der Waals surface area contributed by atoms with Crippen LogP contribution in [0.15, 0.2) is 18.3 Å². The molecular weight excluding hydrogens is 218 g/mol. The summed E-state index contributed by atoms with van der Waals surface area (Å²) in [6, 6.07) is 3.94. The summed E-state index contributed by atoms with van der Waals surface area (Å²) in [6.45, 7) is 4.09. The van der Waals surface area contributed by atoms with Crippen LogP contribution in [0, 0.1) is 0 Å². The van der Waals surface area contributed by atoms with E-state index in [1.165, 1.54) is 0 Å². The summed E-state index contributed by atoms with van der Waals surface area (Å²) in [5.41, 5.74) is 6.93. The summed E-state index contributed by atoms with van der Waals surface area (Å²) in [6.07, 6.45) is 1.65. The highest BCUT2D eigenvalue weighted by Gasteiger charge is 2.20. The lowest BCUT2D eigenvalue weighted by atomic mass is 10.1. The van der Waals surface area contributed by atoms with E-state index >= 15 is 0 Å². The molecule has 2 heterocycles. The highest BCUT2D eigenvalue weighted by Crippen LogP contribution is 2.18. The lowest BCUT2D eigenvalue weighted by Crippen LogP contribution is -2.44. The van der Waals surface area contributed by atoms with Crippen molar-refractivity contribution in [1.82, 2.24) is 4.98 Å². The molecule has 94 valence electrons. The number of aliphatic hydroxyl groups excluding tert-OH is 1. The molecule has 0 spiro atoms. The Balaban J connectivity index is 2.13. The molecule has 5 heteroatoms.